The van der Waals surface area contributed by atoms with Gasteiger partial charge in [0.15, 0.2) is 5.82 Å². The maximum atomic E-state index is 12.7. The highest BCUT2D eigenvalue weighted by Crippen LogP contribution is 2.25. The monoisotopic (exact) mass is 443 g/mol. The van der Waals surface area contributed by atoms with Crippen LogP contribution in [0.1, 0.15) is 47.1 Å². The van der Waals surface area contributed by atoms with Crippen LogP contribution in [0.2, 0.25) is 0 Å². The predicted octanol–water partition coefficient (Wildman–Crippen LogP) is 4.26. The van der Waals surface area contributed by atoms with Gasteiger partial charge in [-0.2, -0.15) is 4.90 Å². The molecule has 0 aliphatic carbocycles. The minimum absolute atomic E-state index is 0.00668. The average Bonchev–Trinajstić information content (AvgIpc) is 2.43. The number of pyridine rings is 1. The number of halogens is 1. The molecule has 7 nitrogen and oxygen atoms in total. The largest absolute Gasteiger partial charge is 0.443 e. The molecule has 1 heterocycles. The van der Waals surface area contributed by atoms with Crippen molar-refractivity contribution in [3.8, 4) is 12.0 Å². The number of anilines is 1. The van der Waals surface area contributed by atoms with Gasteiger partial charge in [0.25, 0.3) is 0 Å². The summed E-state index contributed by atoms with van der Waals surface area (Å²) in [5, 5.41) is 0. The van der Waals surface area contributed by atoms with Crippen LogP contribution >= 0.6 is 28.7 Å². The fourth-order valence-electron chi connectivity index (χ4n) is 1.66. The second-order valence-corrected chi connectivity index (χ2v) is 8.32. The van der Waals surface area contributed by atoms with E-state index in [2.05, 4.69) is 50.4 Å². The lowest BCUT2D eigenvalue weighted by Gasteiger charge is -2.28. The molecular weight excluding hydrogens is 422 g/mol. The molecule has 0 unspecified atom stereocenters. The van der Waals surface area contributed by atoms with Gasteiger partial charge in [-0.05, 0) is 69.5 Å². The number of hydrogen-bond donors (Lipinski definition) is 2. The van der Waals surface area contributed by atoms with Gasteiger partial charge in [-0.1, -0.05) is 12.8 Å². The molecule has 0 aliphatic heterocycles. The summed E-state index contributed by atoms with van der Waals surface area (Å²) in [6.07, 6.45) is -0.386. The van der Waals surface area contributed by atoms with Gasteiger partial charge in [-0.3, -0.25) is 4.72 Å². The Morgan fingerprint density at radius 2 is 1.65 bits per heavy atom. The number of ether oxygens (including phenoxy) is 2. The number of hydrogen-bond acceptors (Lipinski definition) is 7. The smallest absolute Gasteiger partial charge is 0.425 e. The Hall–Kier alpha value is -1.92. The number of nitrogens with one attached hydrogen (secondary N) is 1. The van der Waals surface area contributed by atoms with Crippen LogP contribution < -0.4 is 9.62 Å². The van der Waals surface area contributed by atoms with Crippen LogP contribution in [0.15, 0.2) is 16.7 Å². The Balaban J connectivity index is 3.45. The molecule has 0 spiro atoms. The van der Waals surface area contributed by atoms with Crippen LogP contribution in [0, 0.1) is 12.0 Å². The second kappa shape index (κ2) is 8.64. The van der Waals surface area contributed by atoms with Crippen molar-refractivity contribution in [3.05, 3.63) is 22.3 Å². The molecule has 0 saturated carbocycles. The lowest BCUT2D eigenvalue weighted by molar-refractivity contribution is 0.0429. The third-order valence-corrected chi connectivity index (χ3v) is 3.00. The van der Waals surface area contributed by atoms with Crippen LogP contribution in [0.25, 0.3) is 0 Å². The van der Waals surface area contributed by atoms with Gasteiger partial charge in [0.05, 0.1) is 5.56 Å². The number of carbonyl (C=O) groups excluding carboxylic acids is 2. The van der Waals surface area contributed by atoms with E-state index in [1.165, 1.54) is 6.20 Å². The molecule has 0 atom stereocenters. The molecule has 9 heteroatoms. The van der Waals surface area contributed by atoms with Gasteiger partial charge in [0, 0.05) is 16.7 Å². The van der Waals surface area contributed by atoms with E-state index in [9.17, 15) is 9.59 Å². The number of thiol groups is 1. The van der Waals surface area contributed by atoms with Crippen molar-refractivity contribution in [1.82, 2.24) is 9.71 Å². The maximum Gasteiger partial charge on any atom is 0.425 e. The zero-order chi connectivity index (χ0) is 20.1. The first-order valence-electron chi connectivity index (χ1n) is 7.66. The minimum Gasteiger partial charge on any atom is -0.443 e. The first kappa shape index (κ1) is 22.1. The molecule has 0 aromatic carbocycles. The Labute approximate surface area is 167 Å². The zero-order valence-electron chi connectivity index (χ0n) is 15.5. The summed E-state index contributed by atoms with van der Waals surface area (Å²) < 4.78 is 13.7. The average molecular weight is 444 g/mol. The van der Waals surface area contributed by atoms with E-state index in [1.54, 1.807) is 47.6 Å². The molecular formula is C17H22BrN3O4S. The van der Waals surface area contributed by atoms with Gasteiger partial charge in [-0.15, -0.1) is 0 Å². The van der Waals surface area contributed by atoms with Crippen LogP contribution in [0.3, 0.4) is 0 Å². The van der Waals surface area contributed by atoms with Crippen molar-refractivity contribution in [2.75, 3.05) is 4.90 Å². The Morgan fingerprint density at radius 3 is 2.08 bits per heavy atom. The molecule has 2 amide bonds. The van der Waals surface area contributed by atoms with Crippen molar-refractivity contribution in [2.45, 2.75) is 52.7 Å². The fraction of sp³-hybridized carbons (Fsp3) is 0.471. The lowest BCUT2D eigenvalue weighted by Crippen LogP contribution is -2.44. The fourth-order valence-corrected chi connectivity index (χ4v) is 2.05. The highest BCUT2D eigenvalue weighted by atomic mass is 79.9. The highest BCUT2D eigenvalue weighted by molar-refractivity contribution is 9.10. The minimum atomic E-state index is -0.913. The van der Waals surface area contributed by atoms with Gasteiger partial charge in [0.2, 0.25) is 0 Å². The molecule has 0 saturated heterocycles. The highest BCUT2D eigenvalue weighted by Gasteiger charge is 2.34. The molecule has 0 aliphatic rings. The molecule has 0 bridgehead atoms. The summed E-state index contributed by atoms with van der Waals surface area (Å²) in [4.78, 5) is 30.2. The van der Waals surface area contributed by atoms with E-state index in [0.717, 1.165) is 4.90 Å². The molecule has 26 heavy (non-hydrogen) atoms. The van der Waals surface area contributed by atoms with Crippen LogP contribution in [0.4, 0.5) is 15.4 Å². The maximum absolute atomic E-state index is 12.7. The summed E-state index contributed by atoms with van der Waals surface area (Å²) in [6.45, 7) is 10.2. The summed E-state index contributed by atoms with van der Waals surface area (Å²) in [5.41, 5.74) is -1.33. The van der Waals surface area contributed by atoms with Crippen molar-refractivity contribution >= 4 is 46.7 Å². The number of amides is 2. The normalized spacial score (nSPS) is 11.1. The second-order valence-electron chi connectivity index (χ2n) is 7.18. The van der Waals surface area contributed by atoms with Crippen molar-refractivity contribution in [1.29, 1.82) is 0 Å². The summed E-state index contributed by atoms with van der Waals surface area (Å²) in [5.74, 6) is 2.73. The van der Waals surface area contributed by atoms with Gasteiger partial charge in [-0.25, -0.2) is 14.6 Å². The summed E-state index contributed by atoms with van der Waals surface area (Å²) >= 11 is 7.09. The zero-order valence-corrected chi connectivity index (χ0v) is 18.0. The number of nitrogens with zero attached hydrogens (tertiary/aromatic N) is 2. The van der Waals surface area contributed by atoms with Crippen LogP contribution in [-0.4, -0.2) is 28.4 Å². The molecule has 142 valence electrons. The third kappa shape index (κ3) is 7.14. The number of carbonyl (C=O) groups is 2. The van der Waals surface area contributed by atoms with Crippen LogP contribution in [-0.2, 0) is 9.47 Å². The first-order chi connectivity index (χ1) is 11.8. The predicted molar refractivity (Wildman–Crippen MR) is 106 cm³/mol. The van der Waals surface area contributed by atoms with Gasteiger partial charge < -0.3 is 9.47 Å². The lowest BCUT2D eigenvalue weighted by atomic mass is 10.2. The molecule has 0 radical (unpaired) electrons. The molecule has 1 N–H and O–H groups in total. The Bertz CT molecular complexity index is 717. The Morgan fingerprint density at radius 1 is 1.15 bits per heavy atom. The Kier molecular flexibility index (Phi) is 7.35. The quantitative estimate of drug-likeness (QED) is 0.383. The van der Waals surface area contributed by atoms with Crippen LogP contribution in [0.5, 0.6) is 0 Å². The molecule has 1 rings (SSSR count). The SMILES string of the molecule is CC(C)(C)OC(=O)N(C(=O)OC(C)(C)C)c1ncc(Br)cc1C#CNS. The molecule has 0 fully saturated rings. The van der Waals surface area contributed by atoms with E-state index in [4.69, 9.17) is 9.47 Å². The topological polar surface area (TPSA) is 80.8 Å². The van der Waals surface area contributed by atoms with Gasteiger partial charge in [0.1, 0.15) is 11.2 Å². The number of aromatic nitrogens is 1. The van der Waals surface area contributed by atoms with E-state index >= 15 is 0 Å². The van der Waals surface area contributed by atoms with Crippen molar-refractivity contribution < 1.29 is 19.1 Å². The number of rotatable bonds is 1. The first-order valence-corrected chi connectivity index (χ1v) is 8.90. The van der Waals surface area contributed by atoms with E-state index < -0.39 is 23.4 Å². The molecule has 1 aromatic heterocycles. The summed E-state index contributed by atoms with van der Waals surface area (Å²) in [7, 11) is 0. The van der Waals surface area contributed by atoms with Crippen molar-refractivity contribution in [3.63, 3.8) is 0 Å². The summed E-state index contributed by atoms with van der Waals surface area (Å²) in [6, 6.07) is 4.15. The van der Waals surface area contributed by atoms with Crippen molar-refractivity contribution in [2.24, 2.45) is 0 Å². The number of imide groups is 1. The molecule has 1 aromatic rings. The van der Waals surface area contributed by atoms with Gasteiger partial charge >= 0.3 is 12.2 Å². The van der Waals surface area contributed by atoms with E-state index in [-0.39, 0.29) is 5.82 Å². The standard InChI is InChI=1S/C17H22BrN3O4S/c1-16(2,3)24-14(22)21(15(23)25-17(4,5)6)13-11(7-8-20-26)9-12(18)10-19-13/h9-10,20,26H,1-6H3. The van der Waals surface area contributed by atoms with E-state index in [0.29, 0.717) is 10.0 Å². The van der Waals surface area contributed by atoms with E-state index in [1.807, 2.05) is 0 Å². The third-order valence-electron chi connectivity index (χ3n) is 2.45.